The summed E-state index contributed by atoms with van der Waals surface area (Å²) in [5.74, 6) is 0. The Balaban J connectivity index is 2.74. The molecule has 0 amide bonds. The van der Waals surface area contributed by atoms with E-state index in [-0.39, 0.29) is 12.3 Å². The lowest BCUT2D eigenvalue weighted by Gasteiger charge is -1.84. The minimum atomic E-state index is 0.104. The molecule has 50 valence electrons. The van der Waals surface area contributed by atoms with E-state index >= 15 is 0 Å². The van der Waals surface area contributed by atoms with Gasteiger partial charge in [-0.05, 0) is 0 Å². The quantitative estimate of drug-likeness (QED) is 0.670. The number of rotatable bonds is 2. The molecular weight excluding hydrogens is 141 g/mol. The Kier molecular flexibility index (Phi) is 2.07. The summed E-state index contributed by atoms with van der Waals surface area (Å²) in [4.78, 5) is 3.78. The van der Waals surface area contributed by atoms with Crippen molar-refractivity contribution in [3.8, 4) is 0 Å². The number of nitrogens with zero attached hydrogens (tertiary/aromatic N) is 2. The van der Waals surface area contributed by atoms with Crippen LogP contribution in [0.5, 0.6) is 0 Å². The summed E-state index contributed by atoms with van der Waals surface area (Å²) >= 11 is 0.104. The van der Waals surface area contributed by atoms with E-state index in [1.807, 2.05) is 0 Å². The zero-order chi connectivity index (χ0) is 6.69. The molecular formula is C4H6FN3S. The van der Waals surface area contributed by atoms with Crippen molar-refractivity contribution in [1.29, 1.82) is 0 Å². The molecule has 0 spiro atoms. The van der Waals surface area contributed by atoms with Crippen molar-refractivity contribution in [2.24, 2.45) is 5.73 Å². The Morgan fingerprint density at radius 1 is 1.89 bits per heavy atom. The van der Waals surface area contributed by atoms with Gasteiger partial charge in [-0.25, -0.2) is 4.98 Å². The topological polar surface area (TPSA) is 43.8 Å². The molecule has 0 bridgehead atoms. The number of hydrogen-bond donors (Lipinski definition) is 1. The average molecular weight is 147 g/mol. The van der Waals surface area contributed by atoms with Crippen LogP contribution in [0.15, 0.2) is 12.5 Å². The molecule has 1 aromatic rings. The van der Waals surface area contributed by atoms with Gasteiger partial charge >= 0.3 is 0 Å². The second kappa shape index (κ2) is 2.84. The highest BCUT2D eigenvalue weighted by atomic mass is 32.2. The van der Waals surface area contributed by atoms with Gasteiger partial charge in [0.05, 0.1) is 5.69 Å². The van der Waals surface area contributed by atoms with Gasteiger partial charge in [0.15, 0.2) is 12.3 Å². The number of aromatic nitrogens is 2. The van der Waals surface area contributed by atoms with Gasteiger partial charge in [0, 0.05) is 12.7 Å². The maximum absolute atomic E-state index is 11.7. The first-order valence-corrected chi connectivity index (χ1v) is 3.06. The van der Waals surface area contributed by atoms with Crippen molar-refractivity contribution < 1.29 is 3.89 Å². The standard InChI is InChI=1S/C4H6FN3S/c5-9-8-2-4(1-6)7-3-8/h2-3H,1,6H2. The molecule has 0 saturated heterocycles. The lowest BCUT2D eigenvalue weighted by atomic mass is 10.5. The molecule has 0 saturated carbocycles. The van der Waals surface area contributed by atoms with Crippen molar-refractivity contribution in [2.75, 3.05) is 0 Å². The molecule has 0 atom stereocenters. The Morgan fingerprint density at radius 3 is 3.00 bits per heavy atom. The summed E-state index contributed by atoms with van der Waals surface area (Å²) in [5, 5.41) is 0. The Labute approximate surface area is 56.5 Å². The first kappa shape index (κ1) is 6.57. The molecule has 1 rings (SSSR count). The molecule has 0 aliphatic rings. The van der Waals surface area contributed by atoms with Crippen LogP contribution >= 0.6 is 12.3 Å². The smallest absolute Gasteiger partial charge is 0.170 e. The lowest BCUT2D eigenvalue weighted by molar-refractivity contribution is 0.915. The van der Waals surface area contributed by atoms with Gasteiger partial charge in [-0.3, -0.25) is 3.97 Å². The first-order valence-electron chi connectivity index (χ1n) is 2.39. The van der Waals surface area contributed by atoms with E-state index in [0.717, 1.165) is 0 Å². The van der Waals surface area contributed by atoms with Crippen LogP contribution < -0.4 is 5.73 Å². The highest BCUT2D eigenvalue weighted by Crippen LogP contribution is 2.06. The molecule has 9 heavy (non-hydrogen) atoms. The second-order valence-corrected chi connectivity index (χ2v) is 2.06. The highest BCUT2D eigenvalue weighted by molar-refractivity contribution is 7.92. The second-order valence-electron chi connectivity index (χ2n) is 1.50. The van der Waals surface area contributed by atoms with Crippen LogP contribution in [0, 0.1) is 0 Å². The molecule has 1 heterocycles. The fourth-order valence-electron chi connectivity index (χ4n) is 0.488. The summed E-state index contributed by atoms with van der Waals surface area (Å²) in [5.41, 5.74) is 5.90. The molecule has 1 aromatic heterocycles. The monoisotopic (exact) mass is 147 g/mol. The van der Waals surface area contributed by atoms with E-state index < -0.39 is 0 Å². The van der Waals surface area contributed by atoms with E-state index in [0.29, 0.717) is 12.2 Å². The van der Waals surface area contributed by atoms with Gasteiger partial charge in [0.2, 0.25) is 0 Å². The molecule has 0 aliphatic heterocycles. The van der Waals surface area contributed by atoms with Crippen molar-refractivity contribution in [1.82, 2.24) is 8.96 Å². The molecule has 0 fully saturated rings. The van der Waals surface area contributed by atoms with Crippen molar-refractivity contribution in [2.45, 2.75) is 6.54 Å². The number of nitrogens with two attached hydrogens (primary N) is 1. The summed E-state index contributed by atoms with van der Waals surface area (Å²) in [6, 6.07) is 0. The summed E-state index contributed by atoms with van der Waals surface area (Å²) in [7, 11) is 0. The molecule has 3 nitrogen and oxygen atoms in total. The van der Waals surface area contributed by atoms with Crippen LogP contribution in [0.1, 0.15) is 5.69 Å². The van der Waals surface area contributed by atoms with Gasteiger partial charge in [-0.2, -0.15) is 0 Å². The molecule has 0 radical (unpaired) electrons. The van der Waals surface area contributed by atoms with E-state index in [4.69, 9.17) is 5.73 Å². The van der Waals surface area contributed by atoms with Crippen molar-refractivity contribution >= 4 is 12.3 Å². The maximum atomic E-state index is 11.7. The lowest BCUT2D eigenvalue weighted by Crippen LogP contribution is -1.95. The third-order valence-corrected chi connectivity index (χ3v) is 1.26. The molecule has 5 heteroatoms. The minimum Gasteiger partial charge on any atom is -0.325 e. The fourth-order valence-corrected chi connectivity index (χ4v) is 0.732. The third kappa shape index (κ3) is 1.43. The predicted molar refractivity (Wildman–Crippen MR) is 34.2 cm³/mol. The van der Waals surface area contributed by atoms with Crippen LogP contribution in [-0.4, -0.2) is 8.96 Å². The predicted octanol–water partition coefficient (Wildman–Crippen LogP) is 0.723. The number of halogens is 1. The highest BCUT2D eigenvalue weighted by Gasteiger charge is 1.93. The van der Waals surface area contributed by atoms with E-state index in [9.17, 15) is 3.89 Å². The van der Waals surface area contributed by atoms with Crippen LogP contribution in [0.25, 0.3) is 0 Å². The van der Waals surface area contributed by atoms with Gasteiger partial charge in [0.1, 0.15) is 6.33 Å². The van der Waals surface area contributed by atoms with E-state index in [1.54, 1.807) is 6.20 Å². The van der Waals surface area contributed by atoms with E-state index in [1.165, 1.54) is 10.3 Å². The number of imidazole rings is 1. The zero-order valence-electron chi connectivity index (χ0n) is 4.62. The van der Waals surface area contributed by atoms with Crippen molar-refractivity contribution in [3.63, 3.8) is 0 Å². The molecule has 0 unspecified atom stereocenters. The van der Waals surface area contributed by atoms with E-state index in [2.05, 4.69) is 4.98 Å². The molecule has 0 aliphatic carbocycles. The summed E-state index contributed by atoms with van der Waals surface area (Å²) in [6.07, 6.45) is 2.93. The van der Waals surface area contributed by atoms with Gasteiger partial charge < -0.3 is 5.73 Å². The average Bonchev–Trinajstić information content (AvgIpc) is 2.34. The third-order valence-electron chi connectivity index (χ3n) is 0.902. The van der Waals surface area contributed by atoms with Gasteiger partial charge in [-0.15, -0.1) is 3.89 Å². The van der Waals surface area contributed by atoms with Crippen LogP contribution in [-0.2, 0) is 6.54 Å². The van der Waals surface area contributed by atoms with Crippen LogP contribution in [0.4, 0.5) is 3.89 Å². The summed E-state index contributed by atoms with van der Waals surface area (Å²) < 4.78 is 12.9. The fraction of sp³-hybridized carbons (Fsp3) is 0.250. The maximum Gasteiger partial charge on any atom is 0.170 e. The minimum absolute atomic E-state index is 0.104. The first-order chi connectivity index (χ1) is 4.36. The summed E-state index contributed by atoms with van der Waals surface area (Å²) in [6.45, 7) is 0.355. The van der Waals surface area contributed by atoms with Crippen LogP contribution in [0.2, 0.25) is 0 Å². The largest absolute Gasteiger partial charge is 0.325 e. The van der Waals surface area contributed by atoms with Gasteiger partial charge in [0.25, 0.3) is 0 Å². The van der Waals surface area contributed by atoms with Gasteiger partial charge in [-0.1, -0.05) is 0 Å². The Morgan fingerprint density at radius 2 is 2.67 bits per heavy atom. The Bertz CT molecular complexity index is 169. The normalized spacial score (nSPS) is 10.0. The Hall–Kier alpha value is -0.550. The van der Waals surface area contributed by atoms with Crippen molar-refractivity contribution in [3.05, 3.63) is 18.2 Å². The molecule has 0 aromatic carbocycles. The van der Waals surface area contributed by atoms with Crippen LogP contribution in [0.3, 0.4) is 0 Å². The number of hydrogen-bond acceptors (Lipinski definition) is 3. The molecule has 2 N–H and O–H groups in total. The zero-order valence-corrected chi connectivity index (χ0v) is 5.44. The SMILES string of the molecule is NCc1cn(SF)cn1.